The van der Waals surface area contributed by atoms with Crippen molar-refractivity contribution in [2.75, 3.05) is 19.8 Å². The number of rotatable bonds is 7. The zero-order valence-electron chi connectivity index (χ0n) is 12.6. The first kappa shape index (κ1) is 17.2. The van der Waals surface area contributed by atoms with Crippen molar-refractivity contribution in [2.24, 2.45) is 0 Å². The Morgan fingerprint density at radius 3 is 2.70 bits per heavy atom. The molecular formula is C17H19ClFN3O. The van der Waals surface area contributed by atoms with Crippen molar-refractivity contribution in [3.8, 4) is 0 Å². The molecule has 2 rings (SSSR count). The summed E-state index contributed by atoms with van der Waals surface area (Å²) in [6, 6.07) is 11.1. The Labute approximate surface area is 140 Å². The van der Waals surface area contributed by atoms with Gasteiger partial charge in [-0.1, -0.05) is 23.7 Å². The standard InChI is InChI=1S/C17H19ClFN3O/c18-16-3-1-2-14(11-16)15(10-13-4-7-20-8-5-13)12-22-17(23)21-9-6-19/h1-5,7-8,11,15H,6,9-10,12H2,(H2,21,22,23). The first-order chi connectivity index (χ1) is 11.2. The zero-order chi connectivity index (χ0) is 16.5. The van der Waals surface area contributed by atoms with Gasteiger partial charge in [0.15, 0.2) is 0 Å². The van der Waals surface area contributed by atoms with Gasteiger partial charge in [0.2, 0.25) is 0 Å². The average molecular weight is 336 g/mol. The molecule has 2 amide bonds. The summed E-state index contributed by atoms with van der Waals surface area (Å²) in [5.41, 5.74) is 2.16. The molecule has 4 nitrogen and oxygen atoms in total. The molecule has 0 aliphatic rings. The van der Waals surface area contributed by atoms with Crippen LogP contribution in [-0.4, -0.2) is 30.8 Å². The van der Waals surface area contributed by atoms with Gasteiger partial charge in [-0.2, -0.15) is 0 Å². The summed E-state index contributed by atoms with van der Waals surface area (Å²) in [5.74, 6) is 0.0622. The first-order valence-electron chi connectivity index (χ1n) is 7.41. The van der Waals surface area contributed by atoms with Gasteiger partial charge in [0, 0.05) is 36.4 Å². The maximum atomic E-state index is 12.1. The summed E-state index contributed by atoms with van der Waals surface area (Å²) < 4.78 is 12.1. The minimum Gasteiger partial charge on any atom is -0.338 e. The average Bonchev–Trinajstić information content (AvgIpc) is 2.57. The highest BCUT2D eigenvalue weighted by molar-refractivity contribution is 6.30. The molecule has 0 bridgehead atoms. The fraction of sp³-hybridized carbons (Fsp3) is 0.294. The zero-order valence-corrected chi connectivity index (χ0v) is 13.4. The number of carbonyl (C=O) groups is 1. The minimum absolute atomic E-state index is 0.0119. The molecule has 1 atom stereocenters. The van der Waals surface area contributed by atoms with E-state index < -0.39 is 6.67 Å². The van der Waals surface area contributed by atoms with Crippen LogP contribution in [0, 0.1) is 0 Å². The second-order valence-corrected chi connectivity index (χ2v) is 5.57. The van der Waals surface area contributed by atoms with E-state index in [0.717, 1.165) is 17.5 Å². The number of amides is 2. The summed E-state index contributed by atoms with van der Waals surface area (Å²) in [5, 5.41) is 5.89. The second-order valence-electron chi connectivity index (χ2n) is 5.14. The lowest BCUT2D eigenvalue weighted by Crippen LogP contribution is -2.39. The molecule has 2 aromatic rings. The predicted octanol–water partition coefficient (Wildman–Crippen LogP) is 3.33. The van der Waals surface area contributed by atoms with Crippen LogP contribution in [-0.2, 0) is 6.42 Å². The molecule has 0 radical (unpaired) electrons. The summed E-state index contributed by atoms with van der Waals surface area (Å²) >= 11 is 6.07. The molecule has 0 spiro atoms. The van der Waals surface area contributed by atoms with Crippen molar-refractivity contribution in [3.05, 3.63) is 64.9 Å². The van der Waals surface area contributed by atoms with Crippen LogP contribution in [0.4, 0.5) is 9.18 Å². The van der Waals surface area contributed by atoms with Gasteiger partial charge in [-0.3, -0.25) is 4.98 Å². The lowest BCUT2D eigenvalue weighted by atomic mass is 9.92. The van der Waals surface area contributed by atoms with Crippen molar-refractivity contribution in [3.63, 3.8) is 0 Å². The number of benzene rings is 1. The Morgan fingerprint density at radius 2 is 2.00 bits per heavy atom. The molecule has 122 valence electrons. The van der Waals surface area contributed by atoms with Crippen molar-refractivity contribution >= 4 is 17.6 Å². The maximum absolute atomic E-state index is 12.1. The molecule has 23 heavy (non-hydrogen) atoms. The molecule has 0 aliphatic heterocycles. The normalized spacial score (nSPS) is 11.7. The third-order valence-corrected chi connectivity index (χ3v) is 3.68. The third kappa shape index (κ3) is 5.87. The molecule has 2 N–H and O–H groups in total. The largest absolute Gasteiger partial charge is 0.338 e. The number of hydrogen-bond donors (Lipinski definition) is 2. The van der Waals surface area contributed by atoms with Crippen LogP contribution in [0.3, 0.4) is 0 Å². The van der Waals surface area contributed by atoms with E-state index in [2.05, 4.69) is 15.6 Å². The predicted molar refractivity (Wildman–Crippen MR) is 89.5 cm³/mol. The van der Waals surface area contributed by atoms with Gasteiger partial charge in [-0.15, -0.1) is 0 Å². The third-order valence-electron chi connectivity index (χ3n) is 3.44. The quantitative estimate of drug-likeness (QED) is 0.815. The number of urea groups is 1. The van der Waals surface area contributed by atoms with E-state index in [1.54, 1.807) is 12.4 Å². The number of halogens is 2. The Morgan fingerprint density at radius 1 is 1.22 bits per heavy atom. The summed E-state index contributed by atoms with van der Waals surface area (Å²) in [6.45, 7) is -0.138. The number of hydrogen-bond acceptors (Lipinski definition) is 2. The van der Waals surface area contributed by atoms with Gasteiger partial charge in [0.05, 0.1) is 0 Å². The number of aromatic nitrogens is 1. The van der Waals surface area contributed by atoms with E-state index >= 15 is 0 Å². The van der Waals surface area contributed by atoms with E-state index in [4.69, 9.17) is 11.6 Å². The highest BCUT2D eigenvalue weighted by atomic mass is 35.5. The molecule has 0 fully saturated rings. The monoisotopic (exact) mass is 335 g/mol. The lowest BCUT2D eigenvalue weighted by molar-refractivity contribution is 0.239. The molecule has 6 heteroatoms. The molecule has 1 heterocycles. The number of carbonyl (C=O) groups excluding carboxylic acids is 1. The molecular weight excluding hydrogens is 317 g/mol. The van der Waals surface area contributed by atoms with Crippen LogP contribution in [0.5, 0.6) is 0 Å². The van der Waals surface area contributed by atoms with Crippen LogP contribution >= 0.6 is 11.6 Å². The van der Waals surface area contributed by atoms with Crippen LogP contribution in [0.1, 0.15) is 17.0 Å². The Balaban J connectivity index is 2.06. The summed E-state index contributed by atoms with van der Waals surface area (Å²) in [4.78, 5) is 15.6. The number of nitrogens with zero attached hydrogens (tertiary/aromatic N) is 1. The van der Waals surface area contributed by atoms with Crippen LogP contribution in [0.2, 0.25) is 5.02 Å². The van der Waals surface area contributed by atoms with E-state index in [9.17, 15) is 9.18 Å². The van der Waals surface area contributed by atoms with Crippen molar-refractivity contribution in [1.82, 2.24) is 15.6 Å². The van der Waals surface area contributed by atoms with Gasteiger partial charge < -0.3 is 10.6 Å². The van der Waals surface area contributed by atoms with Gasteiger partial charge in [-0.25, -0.2) is 9.18 Å². The molecule has 0 saturated carbocycles. The Hall–Kier alpha value is -2.14. The topological polar surface area (TPSA) is 54.0 Å². The van der Waals surface area contributed by atoms with Gasteiger partial charge in [0.1, 0.15) is 6.67 Å². The molecule has 1 unspecified atom stereocenters. The molecule has 1 aromatic heterocycles. The fourth-order valence-electron chi connectivity index (χ4n) is 2.31. The SMILES string of the molecule is O=C(NCCF)NCC(Cc1ccncc1)c1cccc(Cl)c1. The number of nitrogens with one attached hydrogen (secondary N) is 2. The van der Waals surface area contributed by atoms with E-state index in [1.165, 1.54) is 0 Å². The summed E-state index contributed by atoms with van der Waals surface area (Å²) in [7, 11) is 0. The first-order valence-corrected chi connectivity index (χ1v) is 7.79. The molecule has 0 aliphatic carbocycles. The maximum Gasteiger partial charge on any atom is 0.314 e. The number of pyridine rings is 1. The van der Waals surface area contributed by atoms with Crippen LogP contribution in [0.15, 0.2) is 48.8 Å². The minimum atomic E-state index is -0.581. The van der Waals surface area contributed by atoms with Gasteiger partial charge >= 0.3 is 6.03 Å². The van der Waals surface area contributed by atoms with Crippen LogP contribution in [0.25, 0.3) is 0 Å². The summed E-state index contributed by atoms with van der Waals surface area (Å²) in [6.07, 6.45) is 4.23. The van der Waals surface area contributed by atoms with E-state index in [1.807, 2.05) is 36.4 Å². The van der Waals surface area contributed by atoms with Crippen molar-refractivity contribution in [1.29, 1.82) is 0 Å². The van der Waals surface area contributed by atoms with Gasteiger partial charge in [-0.05, 0) is 41.8 Å². The smallest absolute Gasteiger partial charge is 0.314 e. The fourth-order valence-corrected chi connectivity index (χ4v) is 2.51. The highest BCUT2D eigenvalue weighted by Gasteiger charge is 2.14. The number of alkyl halides is 1. The van der Waals surface area contributed by atoms with E-state index in [-0.39, 0.29) is 18.5 Å². The van der Waals surface area contributed by atoms with Crippen molar-refractivity contribution < 1.29 is 9.18 Å². The van der Waals surface area contributed by atoms with Crippen molar-refractivity contribution in [2.45, 2.75) is 12.3 Å². The lowest BCUT2D eigenvalue weighted by Gasteiger charge is -2.19. The van der Waals surface area contributed by atoms with Gasteiger partial charge in [0.25, 0.3) is 0 Å². The van der Waals surface area contributed by atoms with Crippen LogP contribution < -0.4 is 10.6 Å². The molecule has 0 saturated heterocycles. The van der Waals surface area contributed by atoms with E-state index in [0.29, 0.717) is 11.6 Å². The Kier molecular flexibility index (Phi) is 6.81. The molecule has 1 aromatic carbocycles. The Bertz CT molecular complexity index is 624. The highest BCUT2D eigenvalue weighted by Crippen LogP contribution is 2.23. The second kappa shape index (κ2) is 9.10.